The van der Waals surface area contributed by atoms with E-state index in [4.69, 9.17) is 4.99 Å². The summed E-state index contributed by atoms with van der Waals surface area (Å²) >= 11 is 0. The Kier molecular flexibility index (Phi) is 7.55. The molecular formula is C18H27IN6O. The van der Waals surface area contributed by atoms with Gasteiger partial charge >= 0.3 is 0 Å². The number of aromatic hydroxyl groups is 1. The highest BCUT2D eigenvalue weighted by Crippen LogP contribution is 2.27. The lowest BCUT2D eigenvalue weighted by Crippen LogP contribution is -2.52. The van der Waals surface area contributed by atoms with Crippen LogP contribution < -0.4 is 10.2 Å². The van der Waals surface area contributed by atoms with Gasteiger partial charge in [0.05, 0.1) is 18.4 Å². The minimum Gasteiger partial charge on any atom is -0.506 e. The van der Waals surface area contributed by atoms with Crippen molar-refractivity contribution >= 4 is 35.6 Å². The van der Waals surface area contributed by atoms with Crippen LogP contribution in [-0.2, 0) is 13.6 Å². The van der Waals surface area contributed by atoms with Crippen molar-refractivity contribution < 1.29 is 5.11 Å². The lowest BCUT2D eigenvalue weighted by molar-refractivity contribution is 0.369. The van der Waals surface area contributed by atoms with Crippen LogP contribution in [0.2, 0.25) is 0 Å². The molecule has 0 amide bonds. The summed E-state index contributed by atoms with van der Waals surface area (Å²) in [4.78, 5) is 9.24. The molecule has 1 aromatic heterocycles. The van der Waals surface area contributed by atoms with Crippen LogP contribution in [0, 0.1) is 0 Å². The molecule has 0 saturated carbocycles. The number of halogens is 1. The van der Waals surface area contributed by atoms with Crippen LogP contribution in [0.3, 0.4) is 0 Å². The number of para-hydroxylation sites is 2. The summed E-state index contributed by atoms with van der Waals surface area (Å²) in [6.45, 7) is 6.99. The van der Waals surface area contributed by atoms with E-state index in [0.717, 1.165) is 49.9 Å². The topological polar surface area (TPSA) is 68.9 Å². The van der Waals surface area contributed by atoms with E-state index in [1.165, 1.54) is 0 Å². The zero-order chi connectivity index (χ0) is 17.6. The van der Waals surface area contributed by atoms with Crippen LogP contribution in [0.1, 0.15) is 12.5 Å². The SMILES string of the molecule is CCNC(=NCc1cnn(C)c1)N1CCN(c2ccccc2O)CC1.I. The van der Waals surface area contributed by atoms with E-state index in [2.05, 4.69) is 27.1 Å². The Bertz CT molecular complexity index is 724. The van der Waals surface area contributed by atoms with Gasteiger partial charge < -0.3 is 20.2 Å². The van der Waals surface area contributed by atoms with Gasteiger partial charge in [0.2, 0.25) is 0 Å². The Hall–Kier alpha value is -1.97. The van der Waals surface area contributed by atoms with Gasteiger partial charge in [0.25, 0.3) is 0 Å². The van der Waals surface area contributed by atoms with Gasteiger partial charge in [0.1, 0.15) is 5.75 Å². The van der Waals surface area contributed by atoms with Crippen LogP contribution in [-0.4, -0.2) is 58.5 Å². The molecule has 1 aliphatic rings. The minimum absolute atomic E-state index is 0. The van der Waals surface area contributed by atoms with Crippen molar-refractivity contribution in [3.05, 3.63) is 42.2 Å². The largest absolute Gasteiger partial charge is 0.506 e. The second-order valence-electron chi connectivity index (χ2n) is 6.16. The van der Waals surface area contributed by atoms with E-state index < -0.39 is 0 Å². The van der Waals surface area contributed by atoms with Crippen molar-refractivity contribution in [2.75, 3.05) is 37.6 Å². The quantitative estimate of drug-likeness (QED) is 0.407. The van der Waals surface area contributed by atoms with Crippen LogP contribution in [0.15, 0.2) is 41.7 Å². The Morgan fingerprint density at radius 1 is 1.23 bits per heavy atom. The molecule has 8 heteroatoms. The van der Waals surface area contributed by atoms with Gasteiger partial charge in [-0.2, -0.15) is 5.10 Å². The lowest BCUT2D eigenvalue weighted by Gasteiger charge is -2.37. The molecule has 3 rings (SSSR count). The van der Waals surface area contributed by atoms with E-state index >= 15 is 0 Å². The summed E-state index contributed by atoms with van der Waals surface area (Å²) in [6.07, 6.45) is 3.84. The molecule has 0 atom stereocenters. The number of aromatic nitrogens is 2. The third kappa shape index (κ3) is 5.03. The van der Waals surface area contributed by atoms with Crippen molar-refractivity contribution in [1.82, 2.24) is 20.0 Å². The number of anilines is 1. The number of phenolic OH excluding ortho intramolecular Hbond substituents is 1. The first-order chi connectivity index (χ1) is 12.2. The fourth-order valence-electron chi connectivity index (χ4n) is 3.04. The van der Waals surface area contributed by atoms with Crippen LogP contribution in [0.4, 0.5) is 5.69 Å². The first-order valence-electron chi connectivity index (χ1n) is 8.71. The number of hydrogen-bond donors (Lipinski definition) is 2. The fourth-order valence-corrected chi connectivity index (χ4v) is 3.04. The summed E-state index contributed by atoms with van der Waals surface area (Å²) in [5.74, 6) is 1.27. The number of benzene rings is 1. The molecule has 7 nitrogen and oxygen atoms in total. The molecule has 2 aromatic rings. The lowest BCUT2D eigenvalue weighted by atomic mass is 10.2. The average molecular weight is 470 g/mol. The second-order valence-corrected chi connectivity index (χ2v) is 6.16. The molecule has 26 heavy (non-hydrogen) atoms. The Labute approximate surface area is 171 Å². The molecule has 0 aliphatic carbocycles. The smallest absolute Gasteiger partial charge is 0.194 e. The molecule has 2 heterocycles. The van der Waals surface area contributed by atoms with Gasteiger partial charge in [-0.1, -0.05) is 12.1 Å². The molecule has 0 radical (unpaired) electrons. The minimum atomic E-state index is 0. The van der Waals surface area contributed by atoms with Crippen molar-refractivity contribution in [3.63, 3.8) is 0 Å². The van der Waals surface area contributed by atoms with Gasteiger partial charge in [0, 0.05) is 51.5 Å². The highest BCUT2D eigenvalue weighted by Gasteiger charge is 2.21. The molecular weight excluding hydrogens is 443 g/mol. The van der Waals surface area contributed by atoms with E-state index in [-0.39, 0.29) is 24.0 Å². The molecule has 1 aromatic carbocycles. The van der Waals surface area contributed by atoms with Crippen LogP contribution in [0.25, 0.3) is 0 Å². The second kappa shape index (κ2) is 9.65. The van der Waals surface area contributed by atoms with Crippen molar-refractivity contribution in [1.29, 1.82) is 0 Å². The van der Waals surface area contributed by atoms with Gasteiger partial charge in [-0.25, -0.2) is 4.99 Å². The number of aliphatic imine (C=N–C) groups is 1. The molecule has 0 spiro atoms. The maximum atomic E-state index is 10.0. The third-order valence-corrected chi connectivity index (χ3v) is 4.31. The Morgan fingerprint density at radius 2 is 1.96 bits per heavy atom. The number of rotatable bonds is 4. The van der Waals surface area contributed by atoms with Crippen molar-refractivity contribution in [2.24, 2.45) is 12.0 Å². The Balaban J connectivity index is 0.00000243. The normalized spacial score (nSPS) is 14.9. The number of aryl methyl sites for hydroxylation is 1. The number of guanidine groups is 1. The van der Waals surface area contributed by atoms with Crippen molar-refractivity contribution in [3.8, 4) is 5.75 Å². The molecule has 1 saturated heterocycles. The standard InChI is InChI=1S/C18H26N6O.HI/c1-3-19-18(20-12-15-13-21-22(2)14-15)24-10-8-23(9-11-24)16-6-4-5-7-17(16)25;/h4-7,13-14,25H,3,8-12H2,1-2H3,(H,19,20);1H. The number of hydrogen-bond acceptors (Lipinski definition) is 4. The number of piperazine rings is 1. The summed E-state index contributed by atoms with van der Waals surface area (Å²) in [5.41, 5.74) is 2.00. The maximum Gasteiger partial charge on any atom is 0.194 e. The van der Waals surface area contributed by atoms with E-state index in [0.29, 0.717) is 12.3 Å². The zero-order valence-electron chi connectivity index (χ0n) is 15.3. The maximum absolute atomic E-state index is 10.0. The number of nitrogens with zero attached hydrogens (tertiary/aromatic N) is 5. The summed E-state index contributed by atoms with van der Waals surface area (Å²) in [7, 11) is 1.91. The predicted octanol–water partition coefficient (Wildman–Crippen LogP) is 2.03. The summed E-state index contributed by atoms with van der Waals surface area (Å²) in [6, 6.07) is 7.51. The van der Waals surface area contributed by atoms with Gasteiger partial charge in [-0.3, -0.25) is 4.68 Å². The fraction of sp³-hybridized carbons (Fsp3) is 0.444. The van der Waals surface area contributed by atoms with E-state index in [1.54, 1.807) is 10.7 Å². The first-order valence-corrected chi connectivity index (χ1v) is 8.71. The third-order valence-electron chi connectivity index (χ3n) is 4.31. The molecule has 2 N–H and O–H groups in total. The number of nitrogens with one attached hydrogen (secondary N) is 1. The molecule has 0 bridgehead atoms. The average Bonchev–Trinajstić information content (AvgIpc) is 3.05. The van der Waals surface area contributed by atoms with Gasteiger partial charge in [-0.05, 0) is 19.1 Å². The molecule has 142 valence electrons. The van der Waals surface area contributed by atoms with E-state index in [9.17, 15) is 5.11 Å². The van der Waals surface area contributed by atoms with Gasteiger partial charge in [-0.15, -0.1) is 24.0 Å². The van der Waals surface area contributed by atoms with Gasteiger partial charge in [0.15, 0.2) is 5.96 Å². The molecule has 0 unspecified atom stereocenters. The van der Waals surface area contributed by atoms with Crippen LogP contribution in [0.5, 0.6) is 5.75 Å². The highest BCUT2D eigenvalue weighted by molar-refractivity contribution is 14.0. The first kappa shape index (κ1) is 20.3. The van der Waals surface area contributed by atoms with E-state index in [1.807, 2.05) is 37.6 Å². The number of phenols is 1. The van der Waals surface area contributed by atoms with Crippen molar-refractivity contribution in [2.45, 2.75) is 13.5 Å². The highest BCUT2D eigenvalue weighted by atomic mass is 127. The molecule has 1 fully saturated rings. The molecule has 1 aliphatic heterocycles. The monoisotopic (exact) mass is 470 g/mol. The Morgan fingerprint density at radius 3 is 2.58 bits per heavy atom. The summed E-state index contributed by atoms with van der Waals surface area (Å²) in [5, 5.41) is 17.6. The van der Waals surface area contributed by atoms with Crippen LogP contribution >= 0.6 is 24.0 Å². The zero-order valence-corrected chi connectivity index (χ0v) is 17.6. The predicted molar refractivity (Wildman–Crippen MR) is 115 cm³/mol. The summed E-state index contributed by atoms with van der Waals surface area (Å²) < 4.78 is 1.79.